The summed E-state index contributed by atoms with van der Waals surface area (Å²) in [7, 11) is 0. The molecule has 0 saturated carbocycles. The maximum atomic E-state index is 8.76. The molecular weight excluding hydrogens is 232 g/mol. The number of nitriles is 1. The van der Waals surface area contributed by atoms with Crippen LogP contribution < -0.4 is 0 Å². The fourth-order valence-electron chi connectivity index (χ4n) is 1.04. The lowest BCUT2D eigenvalue weighted by atomic mass is 10.3. The molecule has 1 rings (SSSR count). The minimum atomic E-state index is 0.153. The highest BCUT2D eigenvalue weighted by Crippen LogP contribution is 2.25. The molecular formula is C10H11ClN2OS. The fourth-order valence-corrected chi connectivity index (χ4v) is 2.28. The molecule has 0 fully saturated rings. The van der Waals surface area contributed by atoms with Crippen LogP contribution in [-0.4, -0.2) is 21.9 Å². The van der Waals surface area contributed by atoms with Gasteiger partial charge in [0.05, 0.1) is 16.7 Å². The van der Waals surface area contributed by atoms with Crippen molar-refractivity contribution in [3.05, 3.63) is 22.8 Å². The van der Waals surface area contributed by atoms with Crippen molar-refractivity contribution >= 4 is 23.4 Å². The molecule has 1 aromatic heterocycles. The smallest absolute Gasteiger partial charge is 0.131 e. The van der Waals surface area contributed by atoms with Crippen molar-refractivity contribution in [3.63, 3.8) is 0 Å². The zero-order valence-electron chi connectivity index (χ0n) is 8.27. The Morgan fingerprint density at radius 1 is 1.67 bits per heavy atom. The summed E-state index contributed by atoms with van der Waals surface area (Å²) in [5.74, 6) is 0. The van der Waals surface area contributed by atoms with Crippen molar-refractivity contribution in [1.82, 2.24) is 4.98 Å². The number of pyridine rings is 1. The lowest BCUT2D eigenvalue weighted by molar-refractivity contribution is 0.289. The summed E-state index contributed by atoms with van der Waals surface area (Å²) < 4.78 is 0. The number of hydrogen-bond donors (Lipinski definition) is 1. The molecule has 0 saturated heterocycles. The van der Waals surface area contributed by atoms with Crippen LogP contribution in [0.3, 0.4) is 0 Å². The predicted molar refractivity (Wildman–Crippen MR) is 61.0 cm³/mol. The largest absolute Gasteiger partial charge is 0.396 e. The number of rotatable bonds is 4. The van der Waals surface area contributed by atoms with Gasteiger partial charge in [0, 0.05) is 11.9 Å². The van der Waals surface area contributed by atoms with Gasteiger partial charge in [-0.3, -0.25) is 0 Å². The van der Waals surface area contributed by atoms with Gasteiger partial charge < -0.3 is 5.11 Å². The minimum Gasteiger partial charge on any atom is -0.396 e. The highest BCUT2D eigenvalue weighted by Gasteiger charge is 2.07. The third-order valence-corrected chi connectivity index (χ3v) is 3.04. The molecule has 15 heavy (non-hydrogen) atoms. The van der Waals surface area contributed by atoms with Crippen LogP contribution in [0.4, 0.5) is 0 Å². The maximum absolute atomic E-state index is 8.76. The standard InChI is InChI=1S/C10H11ClN2OS/c1-7(2-3-14)15-10-5-8(6-12)4-9(11)13-10/h4-5,7,14H,2-3H2,1H3. The van der Waals surface area contributed by atoms with E-state index in [0.717, 1.165) is 5.03 Å². The number of nitrogens with zero attached hydrogens (tertiary/aromatic N) is 2. The molecule has 0 radical (unpaired) electrons. The summed E-state index contributed by atoms with van der Waals surface area (Å²) in [6.07, 6.45) is 0.695. The van der Waals surface area contributed by atoms with Gasteiger partial charge in [-0.25, -0.2) is 4.98 Å². The molecule has 3 nitrogen and oxygen atoms in total. The highest BCUT2D eigenvalue weighted by atomic mass is 35.5. The Labute approximate surface area is 98.1 Å². The molecule has 1 N–H and O–H groups in total. The van der Waals surface area contributed by atoms with Crippen LogP contribution in [0.1, 0.15) is 18.9 Å². The number of aliphatic hydroxyl groups is 1. The molecule has 80 valence electrons. The normalized spacial score (nSPS) is 12.1. The van der Waals surface area contributed by atoms with Crippen molar-refractivity contribution in [2.24, 2.45) is 0 Å². The van der Waals surface area contributed by atoms with E-state index >= 15 is 0 Å². The van der Waals surface area contributed by atoms with Gasteiger partial charge in [-0.1, -0.05) is 18.5 Å². The van der Waals surface area contributed by atoms with E-state index in [1.807, 2.05) is 13.0 Å². The van der Waals surface area contributed by atoms with Crippen LogP contribution in [0, 0.1) is 11.3 Å². The van der Waals surface area contributed by atoms with Gasteiger partial charge >= 0.3 is 0 Å². The SMILES string of the molecule is CC(CCO)Sc1cc(C#N)cc(Cl)n1. The van der Waals surface area contributed by atoms with Gasteiger partial charge in [0.2, 0.25) is 0 Å². The summed E-state index contributed by atoms with van der Waals surface area (Å²) in [6.45, 7) is 2.15. The van der Waals surface area contributed by atoms with E-state index in [9.17, 15) is 0 Å². The average Bonchev–Trinajstić information content (AvgIpc) is 2.17. The quantitative estimate of drug-likeness (QED) is 0.651. The predicted octanol–water partition coefficient (Wildman–Crippen LogP) is 2.47. The van der Waals surface area contributed by atoms with E-state index in [1.54, 1.807) is 6.07 Å². The first-order chi connectivity index (χ1) is 7.15. The Balaban J connectivity index is 2.77. The van der Waals surface area contributed by atoms with E-state index in [1.165, 1.54) is 17.8 Å². The summed E-state index contributed by atoms with van der Waals surface area (Å²) in [4.78, 5) is 4.10. The van der Waals surface area contributed by atoms with Gasteiger partial charge in [-0.05, 0) is 18.6 Å². The lowest BCUT2D eigenvalue weighted by Crippen LogP contribution is -2.00. The summed E-state index contributed by atoms with van der Waals surface area (Å²) in [5, 5.41) is 18.8. The van der Waals surface area contributed by atoms with Crippen LogP contribution >= 0.6 is 23.4 Å². The molecule has 1 atom stereocenters. The third kappa shape index (κ3) is 4.08. The number of halogens is 1. The van der Waals surface area contributed by atoms with E-state index in [-0.39, 0.29) is 11.9 Å². The zero-order valence-corrected chi connectivity index (χ0v) is 9.85. The Morgan fingerprint density at radius 3 is 3.00 bits per heavy atom. The molecule has 0 aromatic carbocycles. The zero-order chi connectivity index (χ0) is 11.3. The first-order valence-corrected chi connectivity index (χ1v) is 5.76. The minimum absolute atomic E-state index is 0.153. The second kappa shape index (κ2) is 5.96. The van der Waals surface area contributed by atoms with Gasteiger partial charge in [0.25, 0.3) is 0 Å². The van der Waals surface area contributed by atoms with Gasteiger partial charge in [0.15, 0.2) is 0 Å². The molecule has 0 aliphatic carbocycles. The van der Waals surface area contributed by atoms with Gasteiger partial charge in [-0.15, -0.1) is 11.8 Å². The second-order valence-electron chi connectivity index (χ2n) is 3.07. The summed E-state index contributed by atoms with van der Waals surface area (Å²) in [6, 6.07) is 5.26. The molecule has 5 heteroatoms. The Bertz CT molecular complexity index is 378. The van der Waals surface area contributed by atoms with E-state index in [4.69, 9.17) is 22.0 Å². The molecule has 0 aliphatic heterocycles. The molecule has 1 aromatic rings. The Hall–Kier alpha value is -0.760. The second-order valence-corrected chi connectivity index (χ2v) is 4.92. The average molecular weight is 243 g/mol. The first-order valence-electron chi connectivity index (χ1n) is 4.51. The van der Waals surface area contributed by atoms with Gasteiger partial charge in [0.1, 0.15) is 5.15 Å². The van der Waals surface area contributed by atoms with Crippen molar-refractivity contribution in [3.8, 4) is 6.07 Å². The first kappa shape index (κ1) is 12.3. The monoisotopic (exact) mass is 242 g/mol. The fraction of sp³-hybridized carbons (Fsp3) is 0.400. The molecule has 1 unspecified atom stereocenters. The van der Waals surface area contributed by atoms with Crippen molar-refractivity contribution in [2.75, 3.05) is 6.61 Å². The Kier molecular flexibility index (Phi) is 4.89. The number of hydrogen-bond acceptors (Lipinski definition) is 4. The number of thioether (sulfide) groups is 1. The third-order valence-electron chi connectivity index (χ3n) is 1.76. The van der Waals surface area contributed by atoms with Crippen LogP contribution in [0.15, 0.2) is 17.2 Å². The van der Waals surface area contributed by atoms with Crippen LogP contribution in [0.2, 0.25) is 5.15 Å². The Morgan fingerprint density at radius 2 is 2.40 bits per heavy atom. The van der Waals surface area contributed by atoms with Crippen molar-refractivity contribution in [2.45, 2.75) is 23.6 Å². The summed E-state index contributed by atoms with van der Waals surface area (Å²) in [5.41, 5.74) is 0.508. The van der Waals surface area contributed by atoms with Crippen LogP contribution in [0.25, 0.3) is 0 Å². The molecule has 0 amide bonds. The van der Waals surface area contributed by atoms with Gasteiger partial charge in [-0.2, -0.15) is 5.26 Å². The van der Waals surface area contributed by atoms with E-state index in [0.29, 0.717) is 17.1 Å². The lowest BCUT2D eigenvalue weighted by Gasteiger charge is -2.08. The van der Waals surface area contributed by atoms with E-state index < -0.39 is 0 Å². The van der Waals surface area contributed by atoms with Crippen molar-refractivity contribution in [1.29, 1.82) is 5.26 Å². The molecule has 0 bridgehead atoms. The van der Waals surface area contributed by atoms with Crippen LogP contribution in [-0.2, 0) is 0 Å². The summed E-state index contributed by atoms with van der Waals surface area (Å²) >= 11 is 7.27. The molecule has 0 aliphatic rings. The number of aliphatic hydroxyl groups excluding tert-OH is 1. The maximum Gasteiger partial charge on any atom is 0.131 e. The highest BCUT2D eigenvalue weighted by molar-refractivity contribution is 7.99. The molecule has 0 spiro atoms. The topological polar surface area (TPSA) is 56.9 Å². The van der Waals surface area contributed by atoms with Crippen molar-refractivity contribution < 1.29 is 5.11 Å². The molecule has 1 heterocycles. The van der Waals surface area contributed by atoms with Crippen LogP contribution in [0.5, 0.6) is 0 Å². The van der Waals surface area contributed by atoms with E-state index in [2.05, 4.69) is 4.98 Å². The number of aromatic nitrogens is 1.